The van der Waals surface area contributed by atoms with Gasteiger partial charge in [0.15, 0.2) is 11.5 Å². The molecule has 0 amide bonds. The fourth-order valence-electron chi connectivity index (χ4n) is 2.28. The molecule has 0 bridgehead atoms. The molecule has 2 N–H and O–H groups in total. The molecule has 114 valence electrons. The average Bonchev–Trinajstić information content (AvgIpc) is 3.19. The van der Waals surface area contributed by atoms with Crippen LogP contribution >= 0.6 is 15.9 Å². The summed E-state index contributed by atoms with van der Waals surface area (Å²) in [6.45, 7) is 3.70. The molecule has 2 rings (SSSR count). The molecule has 0 aliphatic heterocycles. The molecule has 0 saturated heterocycles. The van der Waals surface area contributed by atoms with Gasteiger partial charge in [-0.3, -0.25) is 0 Å². The van der Waals surface area contributed by atoms with Gasteiger partial charge in [-0.15, -0.1) is 0 Å². The number of nitrogens with zero attached hydrogens (tertiary/aromatic N) is 1. The summed E-state index contributed by atoms with van der Waals surface area (Å²) in [5.74, 6) is 1.46. The summed E-state index contributed by atoms with van der Waals surface area (Å²) in [6, 6.07) is 6.26. The predicted octanol–water partition coefficient (Wildman–Crippen LogP) is 3.42. The van der Waals surface area contributed by atoms with Crippen molar-refractivity contribution < 1.29 is 9.47 Å². The van der Waals surface area contributed by atoms with Gasteiger partial charge in [0.25, 0.3) is 0 Å². The van der Waals surface area contributed by atoms with E-state index in [0.717, 1.165) is 40.8 Å². The lowest BCUT2D eigenvalue weighted by molar-refractivity contribution is 0.220. The first-order valence-corrected chi connectivity index (χ1v) is 8.08. The maximum absolute atomic E-state index is 8.88. The molecule has 0 atom stereocenters. The minimum atomic E-state index is 0.0492. The van der Waals surface area contributed by atoms with Gasteiger partial charge in [-0.1, -0.05) is 0 Å². The van der Waals surface area contributed by atoms with Gasteiger partial charge < -0.3 is 15.2 Å². The van der Waals surface area contributed by atoms with Crippen LogP contribution in [-0.4, -0.2) is 19.8 Å². The van der Waals surface area contributed by atoms with Crippen molar-refractivity contribution in [3.63, 3.8) is 0 Å². The molecule has 0 aromatic heterocycles. The molecule has 4 nitrogen and oxygen atoms in total. The molecule has 0 spiro atoms. The third-order valence-electron chi connectivity index (χ3n) is 3.74. The Balaban J connectivity index is 2.15. The SMILES string of the molecule is CCOc1cc(CCN)cc(Br)c1OCC1(CC#N)CC1. The molecule has 1 saturated carbocycles. The van der Waals surface area contributed by atoms with Gasteiger partial charge in [0, 0.05) is 11.8 Å². The first-order chi connectivity index (χ1) is 10.1. The van der Waals surface area contributed by atoms with E-state index >= 15 is 0 Å². The van der Waals surface area contributed by atoms with Crippen molar-refractivity contribution >= 4 is 15.9 Å². The van der Waals surface area contributed by atoms with Crippen molar-refractivity contribution in [2.45, 2.75) is 32.6 Å². The number of rotatable bonds is 8. The van der Waals surface area contributed by atoms with Crippen molar-refractivity contribution in [2.75, 3.05) is 19.8 Å². The van der Waals surface area contributed by atoms with E-state index < -0.39 is 0 Å². The Morgan fingerprint density at radius 1 is 1.38 bits per heavy atom. The molecule has 0 unspecified atom stereocenters. The normalized spacial score (nSPS) is 15.3. The Morgan fingerprint density at radius 2 is 2.14 bits per heavy atom. The Labute approximate surface area is 134 Å². The molecule has 0 radical (unpaired) electrons. The van der Waals surface area contributed by atoms with Crippen LogP contribution in [0.1, 0.15) is 31.7 Å². The van der Waals surface area contributed by atoms with Crippen LogP contribution in [0.25, 0.3) is 0 Å². The highest BCUT2D eigenvalue weighted by Gasteiger charge is 2.43. The standard InChI is InChI=1S/C16H21BrN2O2/c1-2-20-14-10-12(3-7-18)9-13(17)15(14)21-11-16(4-5-16)6-8-19/h9-10H,2-7,11,18H2,1H3. The van der Waals surface area contributed by atoms with Crippen molar-refractivity contribution in [1.29, 1.82) is 5.26 Å². The summed E-state index contributed by atoms with van der Waals surface area (Å²) in [5.41, 5.74) is 6.78. The highest BCUT2D eigenvalue weighted by molar-refractivity contribution is 9.10. The molecular weight excluding hydrogens is 332 g/mol. The van der Waals surface area contributed by atoms with Crippen molar-refractivity contribution in [1.82, 2.24) is 0 Å². The quantitative estimate of drug-likeness (QED) is 0.778. The van der Waals surface area contributed by atoms with Gasteiger partial charge >= 0.3 is 0 Å². The van der Waals surface area contributed by atoms with Crippen LogP contribution in [0.3, 0.4) is 0 Å². The van der Waals surface area contributed by atoms with Gasteiger partial charge in [0.1, 0.15) is 0 Å². The first-order valence-electron chi connectivity index (χ1n) is 7.29. The van der Waals surface area contributed by atoms with Crippen LogP contribution in [0, 0.1) is 16.7 Å². The topological polar surface area (TPSA) is 68.3 Å². The van der Waals surface area contributed by atoms with Gasteiger partial charge in [-0.05, 0) is 66.4 Å². The Bertz CT molecular complexity index is 536. The van der Waals surface area contributed by atoms with Crippen LogP contribution in [-0.2, 0) is 6.42 Å². The smallest absolute Gasteiger partial charge is 0.175 e. The zero-order valence-corrected chi connectivity index (χ0v) is 13.9. The molecule has 1 aliphatic rings. The Hall–Kier alpha value is -1.25. The molecule has 1 aliphatic carbocycles. The largest absolute Gasteiger partial charge is 0.490 e. The van der Waals surface area contributed by atoms with Gasteiger partial charge in [0.05, 0.1) is 23.8 Å². The van der Waals surface area contributed by atoms with Crippen molar-refractivity contribution in [3.05, 3.63) is 22.2 Å². The third-order valence-corrected chi connectivity index (χ3v) is 4.33. The lowest BCUT2D eigenvalue weighted by atomic mass is 10.1. The van der Waals surface area contributed by atoms with Gasteiger partial charge in [-0.25, -0.2) is 0 Å². The Kier molecular flexibility index (Phi) is 5.49. The van der Waals surface area contributed by atoms with E-state index in [-0.39, 0.29) is 5.41 Å². The minimum absolute atomic E-state index is 0.0492. The highest BCUT2D eigenvalue weighted by Crippen LogP contribution is 2.49. The molecule has 1 aromatic rings. The monoisotopic (exact) mass is 352 g/mol. The first kappa shape index (κ1) is 16.1. The van der Waals surface area contributed by atoms with Crippen LogP contribution in [0.15, 0.2) is 16.6 Å². The molecule has 5 heteroatoms. The van der Waals surface area contributed by atoms with Gasteiger partial charge in [-0.2, -0.15) is 5.26 Å². The van der Waals surface area contributed by atoms with Crippen LogP contribution in [0.5, 0.6) is 11.5 Å². The summed E-state index contributed by atoms with van der Waals surface area (Å²) in [5, 5.41) is 8.88. The second-order valence-corrected chi connectivity index (χ2v) is 6.35. The number of hydrogen-bond donors (Lipinski definition) is 1. The molecule has 1 aromatic carbocycles. The van der Waals surface area contributed by atoms with E-state index in [1.54, 1.807) is 0 Å². The van der Waals surface area contributed by atoms with E-state index in [9.17, 15) is 0 Å². The Morgan fingerprint density at radius 3 is 2.71 bits per heavy atom. The fourth-order valence-corrected chi connectivity index (χ4v) is 2.88. The number of nitrogens with two attached hydrogens (primary N) is 1. The minimum Gasteiger partial charge on any atom is -0.490 e. The van der Waals surface area contributed by atoms with Crippen LogP contribution in [0.4, 0.5) is 0 Å². The van der Waals surface area contributed by atoms with Crippen LogP contribution in [0.2, 0.25) is 0 Å². The molecule has 0 heterocycles. The van der Waals surface area contributed by atoms with Crippen LogP contribution < -0.4 is 15.2 Å². The van der Waals surface area contributed by atoms with Gasteiger partial charge in [0.2, 0.25) is 0 Å². The predicted molar refractivity (Wildman–Crippen MR) is 85.5 cm³/mol. The zero-order chi connectivity index (χ0) is 15.3. The summed E-state index contributed by atoms with van der Waals surface area (Å²) >= 11 is 3.55. The maximum Gasteiger partial charge on any atom is 0.175 e. The average molecular weight is 353 g/mol. The van der Waals surface area contributed by atoms with E-state index in [1.807, 2.05) is 19.1 Å². The highest BCUT2D eigenvalue weighted by atomic mass is 79.9. The van der Waals surface area contributed by atoms with Crippen molar-refractivity contribution in [2.24, 2.45) is 11.1 Å². The van der Waals surface area contributed by atoms with E-state index in [2.05, 4.69) is 22.0 Å². The lowest BCUT2D eigenvalue weighted by Gasteiger charge is -2.18. The number of ether oxygens (including phenoxy) is 2. The fraction of sp³-hybridized carbons (Fsp3) is 0.562. The van der Waals surface area contributed by atoms with Crippen molar-refractivity contribution in [3.8, 4) is 17.6 Å². The number of hydrogen-bond acceptors (Lipinski definition) is 4. The molecule has 1 fully saturated rings. The summed E-state index contributed by atoms with van der Waals surface area (Å²) in [4.78, 5) is 0. The van der Waals surface area contributed by atoms with E-state index in [1.165, 1.54) is 0 Å². The second-order valence-electron chi connectivity index (χ2n) is 5.50. The zero-order valence-electron chi connectivity index (χ0n) is 12.3. The lowest BCUT2D eigenvalue weighted by Crippen LogP contribution is -2.13. The number of benzene rings is 1. The maximum atomic E-state index is 8.88. The van der Waals surface area contributed by atoms with E-state index in [0.29, 0.717) is 26.2 Å². The number of nitriles is 1. The summed E-state index contributed by atoms with van der Waals surface area (Å²) < 4.78 is 12.5. The summed E-state index contributed by atoms with van der Waals surface area (Å²) in [7, 11) is 0. The second kappa shape index (κ2) is 7.15. The summed E-state index contributed by atoms with van der Waals surface area (Å²) in [6.07, 6.45) is 3.48. The molecular formula is C16H21BrN2O2. The third kappa shape index (κ3) is 4.12. The van der Waals surface area contributed by atoms with E-state index in [4.69, 9.17) is 20.5 Å². The molecule has 21 heavy (non-hydrogen) atoms. The number of halogens is 1.